The summed E-state index contributed by atoms with van der Waals surface area (Å²) in [7, 11) is 5.14. The summed E-state index contributed by atoms with van der Waals surface area (Å²) in [5.74, 6) is 1.44. The minimum atomic E-state index is -0.00121. The normalized spacial score (nSPS) is 11.1. The molecule has 0 radical (unpaired) electrons. The Balaban J connectivity index is 2.01. The van der Waals surface area contributed by atoms with Crippen LogP contribution in [0.2, 0.25) is 0 Å². The molecule has 0 bridgehead atoms. The van der Waals surface area contributed by atoms with Crippen molar-refractivity contribution in [1.82, 2.24) is 15.5 Å². The molecule has 29 heavy (non-hydrogen) atoms. The molecule has 0 spiro atoms. The largest absolute Gasteiger partial charge is 0.497 e. The van der Waals surface area contributed by atoms with Gasteiger partial charge in [-0.2, -0.15) is 0 Å². The molecule has 6 heteroatoms. The van der Waals surface area contributed by atoms with Crippen molar-refractivity contribution in [2.45, 2.75) is 26.8 Å². The Hall–Kier alpha value is -3.02. The molecule has 0 unspecified atom stereocenters. The molecule has 0 aliphatic heterocycles. The zero-order valence-corrected chi connectivity index (χ0v) is 18.1. The highest BCUT2D eigenvalue weighted by Gasteiger charge is 2.07. The fourth-order valence-corrected chi connectivity index (χ4v) is 2.94. The Morgan fingerprint density at radius 1 is 1.03 bits per heavy atom. The number of nitrogens with zero attached hydrogens (tertiary/aromatic N) is 2. The molecular formula is C23H32N4O2. The summed E-state index contributed by atoms with van der Waals surface area (Å²) in [5.41, 5.74) is 5.00. The number of amides is 1. The highest BCUT2D eigenvalue weighted by atomic mass is 16.5. The zero-order chi connectivity index (χ0) is 21.2. The van der Waals surface area contributed by atoms with Crippen LogP contribution in [0.5, 0.6) is 5.75 Å². The van der Waals surface area contributed by atoms with Crippen LogP contribution in [0.15, 0.2) is 47.5 Å². The number of ether oxygens (including phenoxy) is 1. The Labute approximate surface area is 174 Å². The van der Waals surface area contributed by atoms with E-state index in [9.17, 15) is 4.79 Å². The first-order valence-electron chi connectivity index (χ1n) is 9.81. The molecular weight excluding hydrogens is 364 g/mol. The minimum absolute atomic E-state index is 0.00121. The topological polar surface area (TPSA) is 66.0 Å². The molecule has 0 aliphatic rings. The van der Waals surface area contributed by atoms with E-state index in [0.29, 0.717) is 12.5 Å². The molecule has 0 aliphatic carbocycles. The Kier molecular flexibility index (Phi) is 8.52. The molecule has 2 aromatic rings. The van der Waals surface area contributed by atoms with Gasteiger partial charge in [-0.3, -0.25) is 4.79 Å². The first-order valence-corrected chi connectivity index (χ1v) is 9.81. The van der Waals surface area contributed by atoms with Crippen LogP contribution in [0.1, 0.15) is 22.3 Å². The molecule has 0 heterocycles. The number of carbonyl (C=O) groups excluding carboxylic acids is 1. The lowest BCUT2D eigenvalue weighted by molar-refractivity contribution is -0.127. The summed E-state index contributed by atoms with van der Waals surface area (Å²) < 4.78 is 5.19. The predicted molar refractivity (Wildman–Crippen MR) is 118 cm³/mol. The molecule has 2 aromatic carbocycles. The summed E-state index contributed by atoms with van der Waals surface area (Å²) in [6.07, 6.45) is 0.892. The van der Waals surface area contributed by atoms with Crippen LogP contribution in [0.25, 0.3) is 0 Å². The van der Waals surface area contributed by atoms with Crippen molar-refractivity contribution >= 4 is 11.9 Å². The van der Waals surface area contributed by atoms with Gasteiger partial charge < -0.3 is 20.3 Å². The Morgan fingerprint density at radius 3 is 2.28 bits per heavy atom. The number of methoxy groups -OCH3 is 1. The average molecular weight is 397 g/mol. The second-order valence-electron chi connectivity index (χ2n) is 7.20. The highest BCUT2D eigenvalue weighted by Crippen LogP contribution is 2.13. The lowest BCUT2D eigenvalue weighted by Gasteiger charge is -2.16. The van der Waals surface area contributed by atoms with E-state index in [1.165, 1.54) is 16.7 Å². The van der Waals surface area contributed by atoms with E-state index < -0.39 is 0 Å². The van der Waals surface area contributed by atoms with Gasteiger partial charge in [0.2, 0.25) is 5.91 Å². The van der Waals surface area contributed by atoms with Crippen LogP contribution in [-0.2, 0) is 17.8 Å². The lowest BCUT2D eigenvalue weighted by Crippen LogP contribution is -2.43. The maximum atomic E-state index is 11.9. The smallest absolute Gasteiger partial charge is 0.241 e. The molecule has 0 saturated heterocycles. The number of guanidine groups is 1. The zero-order valence-electron chi connectivity index (χ0n) is 18.1. The summed E-state index contributed by atoms with van der Waals surface area (Å²) in [5, 5.41) is 6.49. The first kappa shape index (κ1) is 22.3. The Morgan fingerprint density at radius 2 is 1.69 bits per heavy atom. The molecule has 2 rings (SSSR count). The molecule has 0 atom stereocenters. The van der Waals surface area contributed by atoms with Gasteiger partial charge >= 0.3 is 0 Å². The third-order valence-electron chi connectivity index (χ3n) is 4.80. The number of aryl methyl sites for hydroxylation is 2. The van der Waals surface area contributed by atoms with Crippen molar-refractivity contribution in [2.24, 2.45) is 4.99 Å². The SMILES string of the molecule is COc1ccc(CN=C(NCCc2c(C)cccc2C)NCC(=O)N(C)C)cc1. The second kappa shape index (κ2) is 11.1. The number of aliphatic imine (C=N–C) groups is 1. The quantitative estimate of drug-likeness (QED) is 0.532. The standard InChI is InChI=1S/C23H32N4O2/c1-17-7-6-8-18(2)21(17)13-14-24-23(26-16-22(28)27(3)4)25-15-19-9-11-20(29-5)12-10-19/h6-12H,13-16H2,1-5H3,(H2,24,25,26). The summed E-state index contributed by atoms with van der Waals surface area (Å²) in [6.45, 7) is 5.71. The van der Waals surface area contributed by atoms with E-state index in [-0.39, 0.29) is 12.5 Å². The maximum Gasteiger partial charge on any atom is 0.241 e. The third-order valence-corrected chi connectivity index (χ3v) is 4.80. The summed E-state index contributed by atoms with van der Waals surface area (Å²) in [4.78, 5) is 18.1. The van der Waals surface area contributed by atoms with E-state index in [1.807, 2.05) is 24.3 Å². The number of likely N-dealkylation sites (N-methyl/N-ethyl adjacent to an activating group) is 1. The number of rotatable bonds is 8. The fraction of sp³-hybridized carbons (Fsp3) is 0.391. The molecule has 6 nitrogen and oxygen atoms in total. The van der Waals surface area contributed by atoms with Crippen LogP contribution >= 0.6 is 0 Å². The van der Waals surface area contributed by atoms with E-state index in [2.05, 4.69) is 47.7 Å². The molecule has 2 N–H and O–H groups in total. The van der Waals surface area contributed by atoms with Crippen molar-refractivity contribution in [2.75, 3.05) is 34.3 Å². The Bertz CT molecular complexity index is 809. The monoisotopic (exact) mass is 396 g/mol. The minimum Gasteiger partial charge on any atom is -0.497 e. The molecule has 1 amide bonds. The van der Waals surface area contributed by atoms with Gasteiger partial charge in [0.1, 0.15) is 5.75 Å². The fourth-order valence-electron chi connectivity index (χ4n) is 2.94. The first-order chi connectivity index (χ1) is 13.9. The molecule has 0 fully saturated rings. The van der Waals surface area contributed by atoms with Gasteiger partial charge in [-0.1, -0.05) is 30.3 Å². The number of carbonyl (C=O) groups is 1. The maximum absolute atomic E-state index is 11.9. The van der Waals surface area contributed by atoms with Gasteiger partial charge in [0.05, 0.1) is 20.2 Å². The van der Waals surface area contributed by atoms with Crippen molar-refractivity contribution in [3.63, 3.8) is 0 Å². The second-order valence-corrected chi connectivity index (χ2v) is 7.20. The van der Waals surface area contributed by atoms with Gasteiger partial charge in [-0.25, -0.2) is 4.99 Å². The van der Waals surface area contributed by atoms with Crippen LogP contribution in [0.4, 0.5) is 0 Å². The van der Waals surface area contributed by atoms with E-state index in [0.717, 1.165) is 24.3 Å². The highest BCUT2D eigenvalue weighted by molar-refractivity contribution is 5.86. The number of nitrogens with one attached hydrogen (secondary N) is 2. The average Bonchev–Trinajstić information content (AvgIpc) is 2.71. The number of hydrogen-bond donors (Lipinski definition) is 2. The number of benzene rings is 2. The van der Waals surface area contributed by atoms with Crippen LogP contribution in [-0.4, -0.2) is 51.1 Å². The van der Waals surface area contributed by atoms with E-state index >= 15 is 0 Å². The molecule has 0 saturated carbocycles. The predicted octanol–water partition coefficient (Wildman–Crippen LogP) is 2.68. The lowest BCUT2D eigenvalue weighted by atomic mass is 10.0. The van der Waals surface area contributed by atoms with Crippen molar-refractivity contribution in [3.05, 3.63) is 64.7 Å². The van der Waals surface area contributed by atoms with E-state index in [4.69, 9.17) is 4.74 Å². The van der Waals surface area contributed by atoms with Gasteiger partial charge in [-0.15, -0.1) is 0 Å². The van der Waals surface area contributed by atoms with Crippen molar-refractivity contribution in [3.8, 4) is 5.75 Å². The van der Waals surface area contributed by atoms with Gasteiger partial charge in [0.15, 0.2) is 5.96 Å². The van der Waals surface area contributed by atoms with E-state index in [1.54, 1.807) is 26.1 Å². The summed E-state index contributed by atoms with van der Waals surface area (Å²) >= 11 is 0. The van der Waals surface area contributed by atoms with Crippen LogP contribution in [0, 0.1) is 13.8 Å². The van der Waals surface area contributed by atoms with Crippen molar-refractivity contribution < 1.29 is 9.53 Å². The van der Waals surface area contributed by atoms with Crippen molar-refractivity contribution in [1.29, 1.82) is 0 Å². The van der Waals surface area contributed by atoms with Crippen LogP contribution < -0.4 is 15.4 Å². The molecule has 156 valence electrons. The third kappa shape index (κ3) is 7.14. The molecule has 0 aromatic heterocycles. The summed E-state index contributed by atoms with van der Waals surface area (Å²) in [6, 6.07) is 14.2. The van der Waals surface area contributed by atoms with Gasteiger partial charge in [0, 0.05) is 20.6 Å². The van der Waals surface area contributed by atoms with Gasteiger partial charge in [-0.05, 0) is 54.7 Å². The van der Waals surface area contributed by atoms with Gasteiger partial charge in [0.25, 0.3) is 0 Å². The van der Waals surface area contributed by atoms with Crippen LogP contribution in [0.3, 0.4) is 0 Å². The number of hydrogen-bond acceptors (Lipinski definition) is 3.